The molecule has 1 heterocycles. The number of hydrogen-bond donors (Lipinski definition) is 1. The molecule has 4 nitrogen and oxygen atoms in total. The second kappa shape index (κ2) is 8.13. The van der Waals surface area contributed by atoms with Crippen LogP contribution >= 0.6 is 15.9 Å². The lowest BCUT2D eigenvalue weighted by Crippen LogP contribution is -2.48. The summed E-state index contributed by atoms with van der Waals surface area (Å²) in [7, 11) is 1.65. The Hall–Kier alpha value is -0.620. The number of ether oxygens (including phenoxy) is 2. The maximum atomic E-state index is 10.4. The highest BCUT2D eigenvalue weighted by Crippen LogP contribution is 2.26. The van der Waals surface area contributed by atoms with E-state index in [9.17, 15) is 5.11 Å². The predicted octanol–water partition coefficient (Wildman–Crippen LogP) is 2.47. The van der Waals surface area contributed by atoms with Crippen LogP contribution in [0.2, 0.25) is 0 Å². The Morgan fingerprint density at radius 2 is 2.33 bits per heavy atom. The highest BCUT2D eigenvalue weighted by atomic mass is 79.9. The summed E-state index contributed by atoms with van der Waals surface area (Å²) < 4.78 is 11.9. The molecular formula is C16H24BrNO3. The molecule has 1 saturated heterocycles. The van der Waals surface area contributed by atoms with Gasteiger partial charge >= 0.3 is 0 Å². The average Bonchev–Trinajstić information content (AvgIpc) is 2.48. The first-order chi connectivity index (χ1) is 10.1. The Kier molecular flexibility index (Phi) is 6.48. The van der Waals surface area contributed by atoms with Crippen molar-refractivity contribution in [2.24, 2.45) is 0 Å². The van der Waals surface area contributed by atoms with Crippen LogP contribution in [0.25, 0.3) is 0 Å². The quantitative estimate of drug-likeness (QED) is 0.849. The summed E-state index contributed by atoms with van der Waals surface area (Å²) in [6, 6.07) is 5.89. The van der Waals surface area contributed by atoms with Crippen molar-refractivity contribution in [3.05, 3.63) is 28.2 Å². The van der Waals surface area contributed by atoms with E-state index < -0.39 is 6.10 Å². The fourth-order valence-corrected chi connectivity index (χ4v) is 3.28. The normalized spacial score (nSPS) is 21.2. The van der Waals surface area contributed by atoms with Crippen LogP contribution in [0.3, 0.4) is 0 Å². The molecule has 2 unspecified atom stereocenters. The highest BCUT2D eigenvalue weighted by Gasteiger charge is 2.26. The Morgan fingerprint density at radius 1 is 1.52 bits per heavy atom. The summed E-state index contributed by atoms with van der Waals surface area (Å²) >= 11 is 3.48. The highest BCUT2D eigenvalue weighted by molar-refractivity contribution is 9.10. The molecule has 2 rings (SSSR count). The van der Waals surface area contributed by atoms with Gasteiger partial charge in [-0.05, 0) is 46.6 Å². The zero-order valence-electron chi connectivity index (χ0n) is 12.7. The van der Waals surface area contributed by atoms with E-state index in [-0.39, 0.29) is 6.10 Å². The second-order valence-corrected chi connectivity index (χ2v) is 6.30. The molecule has 21 heavy (non-hydrogen) atoms. The van der Waals surface area contributed by atoms with Crippen LogP contribution in [0.1, 0.15) is 18.9 Å². The maximum Gasteiger partial charge on any atom is 0.133 e. The topological polar surface area (TPSA) is 41.9 Å². The van der Waals surface area contributed by atoms with E-state index in [1.165, 1.54) is 0 Å². The van der Waals surface area contributed by atoms with Crippen molar-refractivity contribution in [3.63, 3.8) is 0 Å². The Labute approximate surface area is 135 Å². The molecule has 2 atom stereocenters. The number of rotatable bonds is 6. The summed E-state index contributed by atoms with van der Waals surface area (Å²) in [5.74, 6) is 0.802. The fraction of sp³-hybridized carbons (Fsp3) is 0.625. The Balaban J connectivity index is 1.94. The molecule has 0 amide bonds. The summed E-state index contributed by atoms with van der Waals surface area (Å²) in [5.41, 5.74) is 1.08. The van der Waals surface area contributed by atoms with Gasteiger partial charge in [-0.3, -0.25) is 4.90 Å². The molecule has 0 bridgehead atoms. The van der Waals surface area contributed by atoms with Crippen LogP contribution in [-0.4, -0.2) is 55.6 Å². The molecule has 1 aliphatic heterocycles. The van der Waals surface area contributed by atoms with E-state index in [1.807, 2.05) is 18.2 Å². The van der Waals surface area contributed by atoms with Gasteiger partial charge in [0.05, 0.1) is 30.4 Å². The van der Waals surface area contributed by atoms with Crippen molar-refractivity contribution >= 4 is 15.9 Å². The molecular weight excluding hydrogens is 334 g/mol. The number of benzene rings is 1. The van der Waals surface area contributed by atoms with Crippen molar-refractivity contribution in [1.29, 1.82) is 0 Å². The lowest BCUT2D eigenvalue weighted by Gasteiger charge is -2.35. The molecule has 0 spiro atoms. The first-order valence-electron chi connectivity index (χ1n) is 7.48. The number of methoxy groups -OCH3 is 1. The first-order valence-corrected chi connectivity index (χ1v) is 8.27. The van der Waals surface area contributed by atoms with Gasteiger partial charge in [-0.1, -0.05) is 13.0 Å². The summed E-state index contributed by atoms with van der Waals surface area (Å²) in [6.45, 7) is 5.72. The minimum Gasteiger partial charge on any atom is -0.496 e. The van der Waals surface area contributed by atoms with Crippen LogP contribution in [0.5, 0.6) is 5.75 Å². The molecule has 5 heteroatoms. The molecule has 1 fully saturated rings. The zero-order valence-corrected chi connectivity index (χ0v) is 14.3. The number of morpholine rings is 1. The van der Waals surface area contributed by atoms with Crippen LogP contribution < -0.4 is 4.74 Å². The van der Waals surface area contributed by atoms with Crippen molar-refractivity contribution < 1.29 is 14.6 Å². The van der Waals surface area contributed by atoms with E-state index >= 15 is 0 Å². The number of halogens is 1. The van der Waals surface area contributed by atoms with Gasteiger partial charge in [0.1, 0.15) is 5.75 Å². The van der Waals surface area contributed by atoms with Gasteiger partial charge in [0, 0.05) is 19.5 Å². The molecule has 1 aromatic carbocycles. The summed E-state index contributed by atoms with van der Waals surface area (Å²) in [5, 5.41) is 10.4. The number of nitrogens with zero attached hydrogens (tertiary/aromatic N) is 1. The Bertz CT molecular complexity index is 453. The lowest BCUT2D eigenvalue weighted by atomic mass is 10.0. The van der Waals surface area contributed by atoms with Gasteiger partial charge in [0.15, 0.2) is 0 Å². The van der Waals surface area contributed by atoms with Crippen LogP contribution in [0, 0.1) is 0 Å². The number of aliphatic hydroxyl groups is 1. The molecule has 0 radical (unpaired) electrons. The van der Waals surface area contributed by atoms with Gasteiger partial charge in [0.2, 0.25) is 0 Å². The minimum absolute atomic E-state index is 0.105. The van der Waals surface area contributed by atoms with Crippen LogP contribution in [0.4, 0.5) is 0 Å². The smallest absolute Gasteiger partial charge is 0.133 e. The van der Waals surface area contributed by atoms with E-state index in [0.29, 0.717) is 13.0 Å². The van der Waals surface area contributed by atoms with Gasteiger partial charge in [-0.15, -0.1) is 0 Å². The molecule has 0 aliphatic carbocycles. The van der Waals surface area contributed by atoms with E-state index in [0.717, 1.165) is 41.8 Å². The maximum absolute atomic E-state index is 10.4. The second-order valence-electron chi connectivity index (χ2n) is 5.45. The van der Waals surface area contributed by atoms with Crippen molar-refractivity contribution in [1.82, 2.24) is 4.90 Å². The summed E-state index contributed by atoms with van der Waals surface area (Å²) in [4.78, 5) is 2.36. The molecule has 1 aliphatic rings. The molecule has 1 N–H and O–H groups in total. The SMILES string of the molecule is CCCN1CCOC(C(O)Cc2ccc(OC)c(Br)c2)C1. The third-order valence-electron chi connectivity index (χ3n) is 3.81. The van der Waals surface area contributed by atoms with E-state index in [4.69, 9.17) is 9.47 Å². The van der Waals surface area contributed by atoms with Crippen molar-refractivity contribution in [3.8, 4) is 5.75 Å². The third kappa shape index (κ3) is 4.68. The van der Waals surface area contributed by atoms with Crippen LogP contribution in [-0.2, 0) is 11.2 Å². The molecule has 0 aromatic heterocycles. The van der Waals surface area contributed by atoms with E-state index in [2.05, 4.69) is 27.8 Å². The lowest BCUT2D eigenvalue weighted by molar-refractivity contribution is -0.0877. The molecule has 118 valence electrons. The van der Waals surface area contributed by atoms with Gasteiger partial charge in [-0.2, -0.15) is 0 Å². The molecule has 0 saturated carbocycles. The largest absolute Gasteiger partial charge is 0.496 e. The van der Waals surface area contributed by atoms with Gasteiger partial charge in [-0.25, -0.2) is 0 Å². The Morgan fingerprint density at radius 3 is 3.00 bits per heavy atom. The minimum atomic E-state index is -0.482. The first kappa shape index (κ1) is 16.7. The van der Waals surface area contributed by atoms with Gasteiger partial charge < -0.3 is 14.6 Å². The monoisotopic (exact) mass is 357 g/mol. The van der Waals surface area contributed by atoms with E-state index in [1.54, 1.807) is 7.11 Å². The van der Waals surface area contributed by atoms with Crippen molar-refractivity contribution in [2.45, 2.75) is 32.0 Å². The number of aliphatic hydroxyl groups excluding tert-OH is 1. The summed E-state index contributed by atoms with van der Waals surface area (Å²) in [6.07, 6.45) is 1.14. The van der Waals surface area contributed by atoms with Crippen LogP contribution in [0.15, 0.2) is 22.7 Å². The number of hydrogen-bond acceptors (Lipinski definition) is 4. The fourth-order valence-electron chi connectivity index (χ4n) is 2.69. The predicted molar refractivity (Wildman–Crippen MR) is 86.9 cm³/mol. The van der Waals surface area contributed by atoms with Crippen molar-refractivity contribution in [2.75, 3.05) is 33.4 Å². The third-order valence-corrected chi connectivity index (χ3v) is 4.43. The standard InChI is InChI=1S/C16H24BrNO3/c1-3-6-18-7-8-21-16(11-18)14(19)10-12-4-5-15(20-2)13(17)9-12/h4-5,9,14,16,19H,3,6-8,10-11H2,1-2H3. The average molecular weight is 358 g/mol. The molecule has 1 aromatic rings. The van der Waals surface area contributed by atoms with Gasteiger partial charge in [0.25, 0.3) is 0 Å². The zero-order chi connectivity index (χ0) is 15.2.